The van der Waals surface area contributed by atoms with E-state index in [0.717, 1.165) is 6.54 Å². The van der Waals surface area contributed by atoms with E-state index in [-0.39, 0.29) is 5.41 Å². The van der Waals surface area contributed by atoms with Gasteiger partial charge in [0, 0.05) is 6.54 Å². The monoisotopic (exact) mass is 221 g/mol. The highest BCUT2D eigenvalue weighted by Gasteiger charge is 2.14. The number of benzene rings is 1. The average molecular weight is 221 g/mol. The van der Waals surface area contributed by atoms with Gasteiger partial charge in [0.25, 0.3) is 0 Å². The Morgan fingerprint density at radius 1 is 1.25 bits per heavy atom. The molecule has 4 N–H and O–H groups in total. The number of hydrogen-bond donors (Lipinski definition) is 3. The molecule has 0 spiro atoms. The Labute approximate surface area is 98.4 Å². The summed E-state index contributed by atoms with van der Waals surface area (Å²) in [5, 5.41) is 3.21. The van der Waals surface area contributed by atoms with Crippen LogP contribution >= 0.6 is 0 Å². The lowest BCUT2D eigenvalue weighted by Crippen LogP contribution is -2.33. The molecule has 1 rings (SSSR count). The van der Waals surface area contributed by atoms with Crippen LogP contribution in [0, 0.1) is 6.92 Å². The summed E-state index contributed by atoms with van der Waals surface area (Å²) in [4.78, 5) is 0. The molecule has 0 atom stereocenters. The van der Waals surface area contributed by atoms with Crippen molar-refractivity contribution < 1.29 is 0 Å². The van der Waals surface area contributed by atoms with Gasteiger partial charge in [0.05, 0.1) is 6.67 Å². The third-order valence-corrected chi connectivity index (χ3v) is 2.75. The number of hydrazine groups is 1. The molecular weight excluding hydrogens is 198 g/mol. The van der Waals surface area contributed by atoms with Gasteiger partial charge in [-0.2, -0.15) is 0 Å². The minimum Gasteiger partial charge on any atom is -0.299 e. The standard InChI is InChI=1S/C13H23N3/c1-10-7-12(13(2,3)4)6-5-11(10)8-15-9-16-14/h5-7,15-16H,8-9,14H2,1-4H3. The molecule has 3 heteroatoms. The van der Waals surface area contributed by atoms with Crippen molar-refractivity contribution >= 4 is 0 Å². The molecular formula is C13H23N3. The molecule has 0 radical (unpaired) electrons. The molecule has 3 nitrogen and oxygen atoms in total. The van der Waals surface area contributed by atoms with E-state index in [1.165, 1.54) is 16.7 Å². The van der Waals surface area contributed by atoms with Gasteiger partial charge < -0.3 is 0 Å². The first kappa shape index (κ1) is 13.2. The molecule has 1 aromatic rings. The van der Waals surface area contributed by atoms with Crippen LogP contribution in [0.1, 0.15) is 37.5 Å². The second-order valence-electron chi connectivity index (χ2n) is 5.20. The predicted molar refractivity (Wildman–Crippen MR) is 68.9 cm³/mol. The van der Waals surface area contributed by atoms with Crippen molar-refractivity contribution in [1.82, 2.24) is 10.7 Å². The summed E-state index contributed by atoms with van der Waals surface area (Å²) in [6.07, 6.45) is 0. The van der Waals surface area contributed by atoms with Crippen molar-refractivity contribution in [1.29, 1.82) is 0 Å². The number of nitrogens with one attached hydrogen (secondary N) is 2. The Kier molecular flexibility index (Phi) is 4.47. The third kappa shape index (κ3) is 3.59. The van der Waals surface area contributed by atoms with Crippen LogP contribution in [0.4, 0.5) is 0 Å². The fourth-order valence-electron chi connectivity index (χ4n) is 1.63. The highest BCUT2D eigenvalue weighted by Crippen LogP contribution is 2.24. The zero-order valence-corrected chi connectivity index (χ0v) is 10.7. The minimum absolute atomic E-state index is 0.218. The Morgan fingerprint density at radius 2 is 1.94 bits per heavy atom. The molecule has 0 heterocycles. The first-order valence-electron chi connectivity index (χ1n) is 5.69. The van der Waals surface area contributed by atoms with E-state index < -0.39 is 0 Å². The lowest BCUT2D eigenvalue weighted by Gasteiger charge is -2.20. The molecule has 16 heavy (non-hydrogen) atoms. The first-order valence-corrected chi connectivity index (χ1v) is 5.69. The van der Waals surface area contributed by atoms with E-state index in [2.05, 4.69) is 56.6 Å². The van der Waals surface area contributed by atoms with Crippen molar-refractivity contribution in [2.45, 2.75) is 39.7 Å². The van der Waals surface area contributed by atoms with E-state index in [9.17, 15) is 0 Å². The summed E-state index contributed by atoms with van der Waals surface area (Å²) < 4.78 is 0. The van der Waals surface area contributed by atoms with Gasteiger partial charge in [-0.3, -0.25) is 11.2 Å². The van der Waals surface area contributed by atoms with Crippen molar-refractivity contribution in [2.24, 2.45) is 5.84 Å². The second-order valence-corrected chi connectivity index (χ2v) is 5.20. The van der Waals surface area contributed by atoms with Crippen LogP contribution in [-0.2, 0) is 12.0 Å². The Bertz CT molecular complexity index is 340. The largest absolute Gasteiger partial charge is 0.299 e. The summed E-state index contributed by atoms with van der Waals surface area (Å²) in [6, 6.07) is 6.67. The molecule has 90 valence electrons. The highest BCUT2D eigenvalue weighted by molar-refractivity contribution is 5.34. The van der Waals surface area contributed by atoms with Crippen LogP contribution in [0.2, 0.25) is 0 Å². The third-order valence-electron chi connectivity index (χ3n) is 2.75. The zero-order chi connectivity index (χ0) is 12.2. The molecule has 0 unspecified atom stereocenters. The van der Waals surface area contributed by atoms with Gasteiger partial charge in [0.2, 0.25) is 0 Å². The van der Waals surface area contributed by atoms with Crippen LogP contribution < -0.4 is 16.6 Å². The van der Waals surface area contributed by atoms with Gasteiger partial charge in [0.1, 0.15) is 0 Å². The van der Waals surface area contributed by atoms with Gasteiger partial charge >= 0.3 is 0 Å². The lowest BCUT2D eigenvalue weighted by molar-refractivity contribution is 0.585. The second kappa shape index (κ2) is 5.43. The van der Waals surface area contributed by atoms with Crippen molar-refractivity contribution in [3.05, 3.63) is 34.9 Å². The maximum absolute atomic E-state index is 5.20. The molecule has 0 bridgehead atoms. The predicted octanol–water partition coefficient (Wildman–Crippen LogP) is 1.80. The summed E-state index contributed by atoms with van der Waals surface area (Å²) in [7, 11) is 0. The fraction of sp³-hybridized carbons (Fsp3) is 0.538. The van der Waals surface area contributed by atoms with Gasteiger partial charge in [-0.25, -0.2) is 5.43 Å². The quantitative estimate of drug-likeness (QED) is 0.314. The lowest BCUT2D eigenvalue weighted by atomic mass is 9.85. The Morgan fingerprint density at radius 3 is 2.44 bits per heavy atom. The molecule has 0 aromatic heterocycles. The van der Waals surface area contributed by atoms with Gasteiger partial charge in [-0.05, 0) is 29.0 Å². The maximum atomic E-state index is 5.20. The highest BCUT2D eigenvalue weighted by atomic mass is 15.3. The minimum atomic E-state index is 0.218. The summed E-state index contributed by atoms with van der Waals surface area (Å²) in [5.74, 6) is 5.20. The molecule has 0 saturated carbocycles. The van der Waals surface area contributed by atoms with E-state index >= 15 is 0 Å². The van der Waals surface area contributed by atoms with Gasteiger partial charge in [-0.15, -0.1) is 0 Å². The maximum Gasteiger partial charge on any atom is 0.0590 e. The van der Waals surface area contributed by atoms with Crippen LogP contribution in [0.25, 0.3) is 0 Å². The fourth-order valence-corrected chi connectivity index (χ4v) is 1.63. The molecule has 0 saturated heterocycles. The van der Waals surface area contributed by atoms with E-state index in [4.69, 9.17) is 5.84 Å². The number of rotatable bonds is 4. The van der Waals surface area contributed by atoms with Gasteiger partial charge in [-0.1, -0.05) is 39.0 Å². The molecule has 0 amide bonds. The average Bonchev–Trinajstić information content (AvgIpc) is 2.19. The van der Waals surface area contributed by atoms with Crippen molar-refractivity contribution in [2.75, 3.05) is 6.67 Å². The smallest absolute Gasteiger partial charge is 0.0590 e. The van der Waals surface area contributed by atoms with E-state index in [0.29, 0.717) is 6.67 Å². The zero-order valence-electron chi connectivity index (χ0n) is 10.7. The van der Waals surface area contributed by atoms with Crippen molar-refractivity contribution in [3.8, 4) is 0 Å². The summed E-state index contributed by atoms with van der Waals surface area (Å²) >= 11 is 0. The Balaban J connectivity index is 2.76. The SMILES string of the molecule is Cc1cc(C(C)(C)C)ccc1CNCNN. The first-order chi connectivity index (χ1) is 7.45. The van der Waals surface area contributed by atoms with Crippen LogP contribution in [0.5, 0.6) is 0 Å². The normalized spacial score (nSPS) is 11.8. The molecule has 0 fully saturated rings. The summed E-state index contributed by atoms with van der Waals surface area (Å²) in [6.45, 7) is 10.3. The molecule has 0 aliphatic carbocycles. The molecule has 0 aliphatic rings. The van der Waals surface area contributed by atoms with E-state index in [1.807, 2.05) is 0 Å². The van der Waals surface area contributed by atoms with Crippen molar-refractivity contribution in [3.63, 3.8) is 0 Å². The Hall–Kier alpha value is -0.900. The number of nitrogens with two attached hydrogens (primary N) is 1. The number of hydrogen-bond acceptors (Lipinski definition) is 3. The topological polar surface area (TPSA) is 50.1 Å². The van der Waals surface area contributed by atoms with Crippen LogP contribution in [0.15, 0.2) is 18.2 Å². The van der Waals surface area contributed by atoms with Crippen LogP contribution in [-0.4, -0.2) is 6.67 Å². The summed E-state index contributed by atoms with van der Waals surface area (Å²) in [5.41, 5.74) is 6.83. The van der Waals surface area contributed by atoms with E-state index in [1.54, 1.807) is 0 Å². The number of aryl methyl sites for hydroxylation is 1. The van der Waals surface area contributed by atoms with Crippen LogP contribution in [0.3, 0.4) is 0 Å². The van der Waals surface area contributed by atoms with Gasteiger partial charge in [0.15, 0.2) is 0 Å². The molecule has 1 aromatic carbocycles. The molecule has 0 aliphatic heterocycles.